The predicted molar refractivity (Wildman–Crippen MR) is 56.1 cm³/mol. The van der Waals surface area contributed by atoms with E-state index in [4.69, 9.17) is 9.84 Å². The van der Waals surface area contributed by atoms with Gasteiger partial charge in [-0.15, -0.1) is 0 Å². The van der Waals surface area contributed by atoms with Gasteiger partial charge in [-0.2, -0.15) is 13.2 Å². The number of aromatic carboxylic acids is 1. The highest BCUT2D eigenvalue weighted by atomic mass is 19.4. The van der Waals surface area contributed by atoms with Gasteiger partial charge in [-0.1, -0.05) is 0 Å². The minimum absolute atomic E-state index is 0.212. The molecule has 7 heteroatoms. The van der Waals surface area contributed by atoms with Gasteiger partial charge in [-0.3, -0.25) is 0 Å². The van der Waals surface area contributed by atoms with Gasteiger partial charge in [0.1, 0.15) is 17.1 Å². The largest absolute Gasteiger partial charge is 0.497 e. The lowest BCUT2D eigenvalue weighted by molar-refractivity contribution is -0.189. The molecule has 0 aliphatic heterocycles. The van der Waals surface area contributed by atoms with Crippen molar-refractivity contribution in [1.29, 1.82) is 0 Å². The van der Waals surface area contributed by atoms with Crippen LogP contribution < -0.4 is 9.47 Å². The van der Waals surface area contributed by atoms with Crippen molar-refractivity contribution in [2.45, 2.75) is 19.2 Å². The molecule has 0 fully saturated rings. The van der Waals surface area contributed by atoms with Gasteiger partial charge in [0.25, 0.3) is 0 Å². The average molecular weight is 264 g/mol. The van der Waals surface area contributed by atoms with Crippen LogP contribution in [-0.2, 0) is 0 Å². The van der Waals surface area contributed by atoms with Crippen LogP contribution in [0.25, 0.3) is 0 Å². The van der Waals surface area contributed by atoms with E-state index >= 15 is 0 Å². The van der Waals surface area contributed by atoms with Crippen LogP contribution in [0.1, 0.15) is 17.3 Å². The Morgan fingerprint density at radius 3 is 2.44 bits per heavy atom. The van der Waals surface area contributed by atoms with Crippen molar-refractivity contribution in [2.24, 2.45) is 0 Å². The first kappa shape index (κ1) is 14.1. The van der Waals surface area contributed by atoms with Crippen LogP contribution in [0, 0.1) is 0 Å². The van der Waals surface area contributed by atoms with E-state index in [1.807, 2.05) is 0 Å². The van der Waals surface area contributed by atoms with Crippen molar-refractivity contribution in [3.05, 3.63) is 23.8 Å². The Morgan fingerprint density at radius 1 is 1.39 bits per heavy atom. The maximum atomic E-state index is 12.3. The second-order valence-corrected chi connectivity index (χ2v) is 3.47. The van der Waals surface area contributed by atoms with Gasteiger partial charge in [0.2, 0.25) is 0 Å². The minimum Gasteiger partial charge on any atom is -0.497 e. The number of ether oxygens (including phenoxy) is 2. The molecule has 0 saturated carbocycles. The SMILES string of the molecule is COc1ccc(C(=O)O)c(OC(C)C(F)(F)F)c1. The number of methoxy groups -OCH3 is 1. The third kappa shape index (κ3) is 3.28. The Labute approximate surface area is 101 Å². The van der Waals surface area contributed by atoms with Crippen molar-refractivity contribution >= 4 is 5.97 Å². The Morgan fingerprint density at radius 2 is 2.00 bits per heavy atom. The van der Waals surface area contributed by atoms with Crippen LogP contribution in [-0.4, -0.2) is 30.5 Å². The van der Waals surface area contributed by atoms with Crippen molar-refractivity contribution in [2.75, 3.05) is 7.11 Å². The molecular weight excluding hydrogens is 253 g/mol. The van der Waals surface area contributed by atoms with Gasteiger partial charge >= 0.3 is 12.1 Å². The molecule has 1 atom stereocenters. The fourth-order valence-electron chi connectivity index (χ4n) is 1.16. The molecule has 100 valence electrons. The summed E-state index contributed by atoms with van der Waals surface area (Å²) >= 11 is 0. The van der Waals surface area contributed by atoms with Crippen LogP contribution in [0.2, 0.25) is 0 Å². The lowest BCUT2D eigenvalue weighted by Crippen LogP contribution is -2.31. The van der Waals surface area contributed by atoms with Crippen LogP contribution in [0.3, 0.4) is 0 Å². The zero-order valence-corrected chi connectivity index (χ0v) is 9.62. The normalized spacial score (nSPS) is 12.9. The van der Waals surface area contributed by atoms with E-state index in [1.54, 1.807) is 0 Å². The first-order valence-corrected chi connectivity index (χ1v) is 4.90. The summed E-state index contributed by atoms with van der Waals surface area (Å²) in [5, 5.41) is 8.84. The second kappa shape index (κ2) is 5.16. The van der Waals surface area contributed by atoms with E-state index in [2.05, 4.69) is 4.74 Å². The van der Waals surface area contributed by atoms with E-state index in [0.717, 1.165) is 19.1 Å². The summed E-state index contributed by atoms with van der Waals surface area (Å²) in [5.41, 5.74) is -0.355. The third-order valence-electron chi connectivity index (χ3n) is 2.18. The van der Waals surface area contributed by atoms with E-state index in [-0.39, 0.29) is 17.1 Å². The molecule has 1 aromatic rings. The van der Waals surface area contributed by atoms with Gasteiger partial charge in [-0.05, 0) is 19.1 Å². The Bertz CT molecular complexity index is 442. The summed E-state index contributed by atoms with van der Waals surface area (Å²) in [6, 6.07) is 3.56. The number of carbonyl (C=O) groups is 1. The average Bonchev–Trinajstić information content (AvgIpc) is 2.27. The van der Waals surface area contributed by atoms with Gasteiger partial charge in [0.15, 0.2) is 6.10 Å². The first-order valence-electron chi connectivity index (χ1n) is 4.90. The molecule has 0 aliphatic rings. The van der Waals surface area contributed by atoms with Gasteiger partial charge < -0.3 is 14.6 Å². The number of carboxylic acid groups (broad SMARTS) is 1. The highest BCUT2D eigenvalue weighted by molar-refractivity contribution is 5.91. The summed E-state index contributed by atoms with van der Waals surface area (Å²) in [6.45, 7) is 0.797. The fraction of sp³-hybridized carbons (Fsp3) is 0.364. The van der Waals surface area contributed by atoms with Crippen LogP contribution in [0.15, 0.2) is 18.2 Å². The van der Waals surface area contributed by atoms with Crippen LogP contribution in [0.5, 0.6) is 11.5 Å². The number of hydrogen-bond donors (Lipinski definition) is 1. The molecule has 0 bridgehead atoms. The van der Waals surface area contributed by atoms with Crippen molar-refractivity contribution < 1.29 is 32.5 Å². The molecule has 0 heterocycles. The molecule has 1 rings (SSSR count). The number of alkyl halides is 3. The Hall–Kier alpha value is -1.92. The van der Waals surface area contributed by atoms with Crippen LogP contribution in [0.4, 0.5) is 13.2 Å². The summed E-state index contributed by atoms with van der Waals surface area (Å²) in [6.07, 6.45) is -6.68. The standard InChI is InChI=1S/C11H11F3O4/c1-6(11(12,13)14)18-9-5-7(17-2)3-4-8(9)10(15)16/h3-6H,1-2H3,(H,15,16). The van der Waals surface area contributed by atoms with E-state index in [9.17, 15) is 18.0 Å². The highest BCUT2D eigenvalue weighted by Crippen LogP contribution is 2.30. The number of benzene rings is 1. The zero-order chi connectivity index (χ0) is 13.9. The molecule has 0 aromatic heterocycles. The molecule has 1 N–H and O–H groups in total. The molecule has 0 spiro atoms. The highest BCUT2D eigenvalue weighted by Gasteiger charge is 2.38. The maximum Gasteiger partial charge on any atom is 0.425 e. The summed E-state index contributed by atoms with van der Waals surface area (Å²) in [7, 11) is 1.31. The zero-order valence-electron chi connectivity index (χ0n) is 9.62. The quantitative estimate of drug-likeness (QED) is 0.908. The molecule has 0 aliphatic carbocycles. The molecule has 1 unspecified atom stereocenters. The Balaban J connectivity index is 3.08. The predicted octanol–water partition coefficient (Wildman–Crippen LogP) is 2.72. The molecule has 0 radical (unpaired) electrons. The topological polar surface area (TPSA) is 55.8 Å². The lowest BCUT2D eigenvalue weighted by atomic mass is 10.2. The van der Waals surface area contributed by atoms with Crippen molar-refractivity contribution in [3.63, 3.8) is 0 Å². The molecule has 0 amide bonds. The molecular formula is C11H11F3O4. The Kier molecular flexibility index (Phi) is 4.05. The smallest absolute Gasteiger partial charge is 0.425 e. The lowest BCUT2D eigenvalue weighted by Gasteiger charge is -2.19. The number of carboxylic acids is 1. The number of halogens is 3. The number of rotatable bonds is 4. The third-order valence-corrected chi connectivity index (χ3v) is 2.18. The van der Waals surface area contributed by atoms with Gasteiger partial charge in [0.05, 0.1) is 7.11 Å². The van der Waals surface area contributed by atoms with E-state index in [0.29, 0.717) is 0 Å². The summed E-state index contributed by atoms with van der Waals surface area (Å²) in [5.74, 6) is -1.54. The minimum atomic E-state index is -4.57. The molecule has 0 saturated heterocycles. The van der Waals surface area contributed by atoms with E-state index in [1.165, 1.54) is 13.2 Å². The summed E-state index contributed by atoms with van der Waals surface area (Å²) < 4.78 is 46.5. The van der Waals surface area contributed by atoms with Gasteiger partial charge in [-0.25, -0.2) is 4.79 Å². The fourth-order valence-corrected chi connectivity index (χ4v) is 1.16. The number of hydrogen-bond acceptors (Lipinski definition) is 3. The van der Waals surface area contributed by atoms with Gasteiger partial charge in [0, 0.05) is 6.07 Å². The van der Waals surface area contributed by atoms with Crippen molar-refractivity contribution in [3.8, 4) is 11.5 Å². The maximum absolute atomic E-state index is 12.3. The van der Waals surface area contributed by atoms with E-state index < -0.39 is 18.2 Å². The second-order valence-electron chi connectivity index (χ2n) is 3.47. The molecule has 4 nitrogen and oxygen atoms in total. The molecule has 1 aromatic carbocycles. The van der Waals surface area contributed by atoms with Crippen LogP contribution >= 0.6 is 0 Å². The first-order chi connectivity index (χ1) is 8.25. The monoisotopic (exact) mass is 264 g/mol. The molecule has 18 heavy (non-hydrogen) atoms. The summed E-state index contributed by atoms with van der Waals surface area (Å²) in [4.78, 5) is 10.9. The van der Waals surface area contributed by atoms with Crippen molar-refractivity contribution in [1.82, 2.24) is 0 Å².